The van der Waals surface area contributed by atoms with Gasteiger partial charge < -0.3 is 19.7 Å². The van der Waals surface area contributed by atoms with E-state index in [1.54, 1.807) is 11.8 Å². The van der Waals surface area contributed by atoms with Crippen molar-refractivity contribution < 1.29 is 27.4 Å². The Hall–Kier alpha value is -2.13. The zero-order valence-electron chi connectivity index (χ0n) is 15.5. The molecule has 5 nitrogen and oxygen atoms in total. The second-order valence-corrected chi connectivity index (χ2v) is 7.08. The molecule has 1 aromatic carbocycles. The van der Waals surface area contributed by atoms with Crippen LogP contribution < -0.4 is 5.32 Å². The van der Waals surface area contributed by atoms with Gasteiger partial charge in [-0.1, -0.05) is 18.2 Å². The summed E-state index contributed by atoms with van der Waals surface area (Å²) in [7, 11) is 1.47. The zero-order chi connectivity index (χ0) is 20.5. The van der Waals surface area contributed by atoms with Crippen molar-refractivity contribution in [3.63, 3.8) is 0 Å². The lowest BCUT2D eigenvalue weighted by atomic mass is 9.91. The van der Waals surface area contributed by atoms with Crippen LogP contribution in [0.25, 0.3) is 0 Å². The number of allylic oxidation sites excluding steroid dienone is 1. The third-order valence-electron chi connectivity index (χ3n) is 4.76. The van der Waals surface area contributed by atoms with Crippen LogP contribution in [0, 0.1) is 0 Å². The number of carbonyl (C=O) groups is 1. The summed E-state index contributed by atoms with van der Waals surface area (Å²) in [6.07, 6.45) is -2.74. The van der Waals surface area contributed by atoms with Crippen molar-refractivity contribution in [2.45, 2.75) is 38.0 Å². The number of thiocarbonyl (C=S) groups is 1. The van der Waals surface area contributed by atoms with E-state index in [1.807, 2.05) is 0 Å². The maximum atomic E-state index is 13.6. The van der Waals surface area contributed by atoms with Crippen molar-refractivity contribution >= 4 is 23.3 Å². The molecule has 0 aromatic heterocycles. The SMILES string of the molecule is COCCOC(=O)C1=C(C)N(C2CC2)C(=S)N[C@@H]1c1ccccc1C(F)(F)F. The van der Waals surface area contributed by atoms with E-state index >= 15 is 0 Å². The summed E-state index contributed by atoms with van der Waals surface area (Å²) >= 11 is 5.41. The lowest BCUT2D eigenvalue weighted by molar-refractivity contribution is -0.142. The molecule has 0 amide bonds. The summed E-state index contributed by atoms with van der Waals surface area (Å²) in [6.45, 7) is 1.90. The number of hydrogen-bond donors (Lipinski definition) is 1. The van der Waals surface area contributed by atoms with Crippen LogP contribution in [-0.2, 0) is 20.4 Å². The number of benzene rings is 1. The first-order chi connectivity index (χ1) is 13.3. The average molecular weight is 414 g/mol. The highest BCUT2D eigenvalue weighted by Crippen LogP contribution is 2.41. The quantitative estimate of drug-likeness (QED) is 0.436. The van der Waals surface area contributed by atoms with Gasteiger partial charge in [-0.05, 0) is 43.6 Å². The number of alkyl halides is 3. The fraction of sp³-hybridized carbons (Fsp3) is 0.474. The predicted octanol–water partition coefficient (Wildman–Crippen LogP) is 3.56. The summed E-state index contributed by atoms with van der Waals surface area (Å²) in [5, 5.41) is 3.25. The van der Waals surface area contributed by atoms with Crippen LogP contribution in [-0.4, -0.2) is 42.3 Å². The van der Waals surface area contributed by atoms with Crippen LogP contribution in [0.5, 0.6) is 0 Å². The second-order valence-electron chi connectivity index (χ2n) is 6.70. The van der Waals surface area contributed by atoms with Gasteiger partial charge in [0.2, 0.25) is 0 Å². The van der Waals surface area contributed by atoms with Gasteiger partial charge in [0, 0.05) is 18.8 Å². The molecule has 0 radical (unpaired) electrons. The maximum absolute atomic E-state index is 13.6. The number of halogens is 3. The molecule has 2 aliphatic rings. The van der Waals surface area contributed by atoms with Gasteiger partial charge in [0.1, 0.15) is 6.61 Å². The van der Waals surface area contributed by atoms with E-state index in [-0.39, 0.29) is 30.4 Å². The Labute approximate surface area is 166 Å². The standard InChI is InChI=1S/C19H21F3N2O3S/c1-11-15(17(25)27-10-9-26-2)16(23-18(28)24(11)12-7-8-12)13-5-3-4-6-14(13)19(20,21)22/h3-6,12,16H,7-10H2,1-2H3,(H,23,28)/t16-/m1/s1. The maximum Gasteiger partial charge on any atom is 0.416 e. The molecule has 152 valence electrons. The molecule has 0 saturated heterocycles. The van der Waals surface area contributed by atoms with Crippen LogP contribution in [0.4, 0.5) is 13.2 Å². The minimum atomic E-state index is -4.56. The highest BCUT2D eigenvalue weighted by Gasteiger charge is 2.43. The summed E-state index contributed by atoms with van der Waals surface area (Å²) < 4.78 is 50.8. The lowest BCUT2D eigenvalue weighted by Crippen LogP contribution is -2.49. The Bertz CT molecular complexity index is 806. The Morgan fingerprint density at radius 1 is 1.29 bits per heavy atom. The van der Waals surface area contributed by atoms with E-state index in [1.165, 1.54) is 25.3 Å². The number of nitrogens with one attached hydrogen (secondary N) is 1. The zero-order valence-corrected chi connectivity index (χ0v) is 16.3. The molecule has 0 bridgehead atoms. The molecule has 3 rings (SSSR count). The van der Waals surface area contributed by atoms with E-state index < -0.39 is 23.8 Å². The van der Waals surface area contributed by atoms with Crippen LogP contribution in [0.3, 0.4) is 0 Å². The van der Waals surface area contributed by atoms with Crippen molar-refractivity contribution in [2.24, 2.45) is 0 Å². The number of esters is 1. The first kappa shape index (κ1) is 20.6. The van der Waals surface area contributed by atoms with E-state index in [0.717, 1.165) is 18.9 Å². The molecule has 1 fully saturated rings. The summed E-state index contributed by atoms with van der Waals surface area (Å²) in [5.74, 6) is -0.683. The molecular weight excluding hydrogens is 393 g/mol. The van der Waals surface area contributed by atoms with Gasteiger partial charge in [-0.3, -0.25) is 0 Å². The number of ether oxygens (including phenoxy) is 2. The number of nitrogens with zero attached hydrogens (tertiary/aromatic N) is 1. The van der Waals surface area contributed by atoms with Crippen molar-refractivity contribution in [2.75, 3.05) is 20.3 Å². The molecule has 1 atom stereocenters. The second kappa shape index (κ2) is 8.08. The van der Waals surface area contributed by atoms with Crippen LogP contribution in [0.1, 0.15) is 36.9 Å². The van der Waals surface area contributed by atoms with Crippen molar-refractivity contribution in [3.05, 3.63) is 46.7 Å². The van der Waals surface area contributed by atoms with E-state index in [2.05, 4.69) is 5.32 Å². The minimum Gasteiger partial charge on any atom is -0.460 e. The average Bonchev–Trinajstić information content (AvgIpc) is 3.45. The van der Waals surface area contributed by atoms with Gasteiger partial charge in [0.15, 0.2) is 5.11 Å². The fourth-order valence-corrected chi connectivity index (χ4v) is 3.73. The smallest absolute Gasteiger partial charge is 0.416 e. The molecule has 0 unspecified atom stereocenters. The highest BCUT2D eigenvalue weighted by atomic mass is 32.1. The Balaban J connectivity index is 2.06. The van der Waals surface area contributed by atoms with Crippen molar-refractivity contribution in [3.8, 4) is 0 Å². The Kier molecular flexibility index (Phi) is 5.95. The first-order valence-corrected chi connectivity index (χ1v) is 9.29. The highest BCUT2D eigenvalue weighted by molar-refractivity contribution is 7.80. The number of methoxy groups -OCH3 is 1. The van der Waals surface area contributed by atoms with Gasteiger partial charge in [0.05, 0.1) is 23.8 Å². The molecule has 1 heterocycles. The molecule has 1 aliphatic carbocycles. The van der Waals surface area contributed by atoms with Crippen LogP contribution in [0.15, 0.2) is 35.5 Å². The Morgan fingerprint density at radius 2 is 1.96 bits per heavy atom. The monoisotopic (exact) mass is 414 g/mol. The Morgan fingerprint density at radius 3 is 2.57 bits per heavy atom. The molecule has 28 heavy (non-hydrogen) atoms. The molecule has 0 spiro atoms. The summed E-state index contributed by atoms with van der Waals surface area (Å²) in [6, 6.07) is 4.28. The van der Waals surface area contributed by atoms with Gasteiger partial charge in [-0.25, -0.2) is 4.79 Å². The van der Waals surface area contributed by atoms with E-state index in [9.17, 15) is 18.0 Å². The van der Waals surface area contributed by atoms with Gasteiger partial charge in [-0.2, -0.15) is 13.2 Å². The summed E-state index contributed by atoms with van der Waals surface area (Å²) in [5.41, 5.74) is -0.222. The fourth-order valence-electron chi connectivity index (χ4n) is 3.33. The molecule has 1 saturated carbocycles. The number of carbonyl (C=O) groups excluding carboxylic acids is 1. The van der Waals surface area contributed by atoms with E-state index in [0.29, 0.717) is 10.8 Å². The lowest BCUT2D eigenvalue weighted by Gasteiger charge is -2.38. The van der Waals surface area contributed by atoms with Gasteiger partial charge in [0.25, 0.3) is 0 Å². The van der Waals surface area contributed by atoms with Crippen molar-refractivity contribution in [1.29, 1.82) is 0 Å². The first-order valence-electron chi connectivity index (χ1n) is 8.88. The third-order valence-corrected chi connectivity index (χ3v) is 5.07. The normalized spacial score (nSPS) is 20.2. The van der Waals surface area contributed by atoms with Gasteiger partial charge >= 0.3 is 12.1 Å². The summed E-state index contributed by atoms with van der Waals surface area (Å²) in [4.78, 5) is 14.6. The van der Waals surface area contributed by atoms with E-state index in [4.69, 9.17) is 21.7 Å². The van der Waals surface area contributed by atoms with Crippen LogP contribution >= 0.6 is 12.2 Å². The topological polar surface area (TPSA) is 50.8 Å². The van der Waals surface area contributed by atoms with Crippen molar-refractivity contribution in [1.82, 2.24) is 10.2 Å². The number of rotatable bonds is 6. The van der Waals surface area contributed by atoms with Crippen LogP contribution in [0.2, 0.25) is 0 Å². The van der Waals surface area contributed by atoms with Gasteiger partial charge in [-0.15, -0.1) is 0 Å². The molecular formula is C19H21F3N2O3S. The molecule has 1 N–H and O–H groups in total. The number of hydrogen-bond acceptors (Lipinski definition) is 4. The molecule has 1 aromatic rings. The minimum absolute atomic E-state index is 0.00757. The molecule has 9 heteroatoms. The third kappa shape index (κ3) is 4.15. The largest absolute Gasteiger partial charge is 0.460 e. The molecule has 1 aliphatic heterocycles. The predicted molar refractivity (Wildman–Crippen MR) is 100 cm³/mol.